The van der Waals surface area contributed by atoms with Crippen molar-refractivity contribution in [1.29, 1.82) is 0 Å². The molecule has 4 heterocycles. The highest BCUT2D eigenvalue weighted by Gasteiger charge is 2.40. The van der Waals surface area contributed by atoms with Gasteiger partial charge in [0.2, 0.25) is 5.91 Å². The van der Waals surface area contributed by atoms with E-state index in [2.05, 4.69) is 20.9 Å². The number of amides is 1. The molecule has 0 radical (unpaired) electrons. The molecule has 0 spiro atoms. The molecule has 0 saturated carbocycles. The van der Waals surface area contributed by atoms with E-state index in [9.17, 15) is 13.6 Å². The zero-order chi connectivity index (χ0) is 25.3. The van der Waals surface area contributed by atoms with Gasteiger partial charge in [-0.1, -0.05) is 0 Å². The fraction of sp³-hybridized carbons (Fsp3) is 0.481. The van der Waals surface area contributed by atoms with Gasteiger partial charge in [0.05, 0.1) is 26.8 Å². The van der Waals surface area contributed by atoms with Gasteiger partial charge in [-0.15, -0.1) is 0 Å². The summed E-state index contributed by atoms with van der Waals surface area (Å²) in [5, 5.41) is 0.925. The number of fused-ring (bicyclic) bond motifs is 1. The van der Waals surface area contributed by atoms with Crippen LogP contribution < -0.4 is 4.74 Å². The minimum atomic E-state index is -1.44. The average Bonchev–Trinajstić information content (AvgIpc) is 3.48. The lowest BCUT2D eigenvalue weighted by Gasteiger charge is -2.32. The highest BCUT2D eigenvalue weighted by molar-refractivity contribution is 5.95. The van der Waals surface area contributed by atoms with Gasteiger partial charge in [0, 0.05) is 48.8 Å². The molecule has 1 unspecified atom stereocenters. The molecule has 5 rings (SSSR count). The summed E-state index contributed by atoms with van der Waals surface area (Å²) in [6, 6.07) is 8.49. The van der Waals surface area contributed by atoms with Crippen LogP contribution in [0.15, 0.2) is 36.5 Å². The molecule has 3 aromatic rings. The third kappa shape index (κ3) is 4.95. The lowest BCUT2D eigenvalue weighted by Crippen LogP contribution is -2.44. The minimum absolute atomic E-state index is 0.0208. The molecule has 192 valence electrons. The Bertz CT molecular complexity index is 1240. The Morgan fingerprint density at radius 3 is 2.72 bits per heavy atom. The summed E-state index contributed by atoms with van der Waals surface area (Å²) >= 11 is 0. The van der Waals surface area contributed by atoms with Crippen LogP contribution >= 0.6 is 0 Å². The summed E-state index contributed by atoms with van der Waals surface area (Å²) in [6.45, 7) is 2.46. The third-order valence-corrected chi connectivity index (χ3v) is 7.45. The molecule has 0 bridgehead atoms. The van der Waals surface area contributed by atoms with Crippen molar-refractivity contribution < 1.29 is 23.0 Å². The maximum atomic E-state index is 14.7. The predicted octanol–water partition coefficient (Wildman–Crippen LogP) is 4.14. The second kappa shape index (κ2) is 10.1. The third-order valence-electron chi connectivity index (χ3n) is 7.45. The van der Waals surface area contributed by atoms with Crippen LogP contribution in [-0.2, 0) is 9.53 Å². The summed E-state index contributed by atoms with van der Waals surface area (Å²) in [4.78, 5) is 24.5. The standard InChI is InChI=1S/C27H32F2N4O3/c1-35-17-27(29)8-12-33(16-27)25(34)15-32-10-6-18(7-11-32)23-14-22-20(5-9-30-26(22)31-23)21-13-19(28)3-4-24(21)36-2/h3-5,9,13-14,18H,6-8,10-12,15-17H2,1-2H3,(H,30,31). The van der Waals surface area contributed by atoms with Crippen LogP contribution in [0.5, 0.6) is 5.75 Å². The first-order valence-corrected chi connectivity index (χ1v) is 12.4. The number of halogens is 2. The smallest absolute Gasteiger partial charge is 0.236 e. The number of methoxy groups -OCH3 is 2. The van der Waals surface area contributed by atoms with E-state index in [0.717, 1.165) is 48.2 Å². The van der Waals surface area contributed by atoms with Gasteiger partial charge < -0.3 is 19.4 Å². The molecular weight excluding hydrogens is 466 g/mol. The van der Waals surface area contributed by atoms with Crippen LogP contribution in [0.2, 0.25) is 0 Å². The molecule has 2 fully saturated rings. The maximum Gasteiger partial charge on any atom is 0.236 e. The van der Waals surface area contributed by atoms with Crippen molar-refractivity contribution in [3.05, 3.63) is 48.0 Å². The molecule has 2 aromatic heterocycles. The van der Waals surface area contributed by atoms with Crippen molar-refractivity contribution in [2.75, 3.05) is 53.6 Å². The van der Waals surface area contributed by atoms with Crippen LogP contribution in [-0.4, -0.2) is 84.9 Å². The van der Waals surface area contributed by atoms with Gasteiger partial charge in [-0.3, -0.25) is 9.69 Å². The number of alkyl halides is 1. The number of aromatic amines is 1. The number of aromatic nitrogens is 2. The summed E-state index contributed by atoms with van der Waals surface area (Å²) < 4.78 is 39.1. The van der Waals surface area contributed by atoms with E-state index in [0.29, 0.717) is 36.7 Å². The average molecular weight is 499 g/mol. The van der Waals surface area contributed by atoms with Gasteiger partial charge >= 0.3 is 0 Å². The zero-order valence-electron chi connectivity index (χ0n) is 20.7. The Balaban J connectivity index is 1.25. The summed E-state index contributed by atoms with van der Waals surface area (Å²) in [6.07, 6.45) is 3.84. The highest BCUT2D eigenvalue weighted by Crippen LogP contribution is 2.37. The second-order valence-corrected chi connectivity index (χ2v) is 9.89. The van der Waals surface area contributed by atoms with E-state index in [-0.39, 0.29) is 24.9 Å². The number of nitrogens with one attached hydrogen (secondary N) is 1. The first-order valence-electron chi connectivity index (χ1n) is 12.4. The van der Waals surface area contributed by atoms with Gasteiger partial charge in [0.25, 0.3) is 0 Å². The molecular formula is C27H32F2N4O3. The summed E-state index contributed by atoms with van der Waals surface area (Å²) in [7, 11) is 3.06. The summed E-state index contributed by atoms with van der Waals surface area (Å²) in [5.74, 6) is 0.570. The second-order valence-electron chi connectivity index (χ2n) is 9.89. The number of carbonyl (C=O) groups excluding carboxylic acids is 1. The normalized spacial score (nSPS) is 21.4. The fourth-order valence-electron chi connectivity index (χ4n) is 5.51. The van der Waals surface area contributed by atoms with E-state index in [1.54, 1.807) is 24.3 Å². The molecule has 1 N–H and O–H groups in total. The zero-order valence-corrected chi connectivity index (χ0v) is 20.7. The van der Waals surface area contributed by atoms with Crippen molar-refractivity contribution in [2.45, 2.75) is 30.8 Å². The van der Waals surface area contributed by atoms with Gasteiger partial charge in [-0.2, -0.15) is 0 Å². The number of pyridine rings is 1. The fourth-order valence-corrected chi connectivity index (χ4v) is 5.51. The molecule has 0 aliphatic carbocycles. The molecule has 7 nitrogen and oxygen atoms in total. The lowest BCUT2D eigenvalue weighted by molar-refractivity contribution is -0.132. The number of rotatable bonds is 7. The first kappa shape index (κ1) is 24.6. The van der Waals surface area contributed by atoms with E-state index in [1.165, 1.54) is 19.2 Å². The number of likely N-dealkylation sites (tertiary alicyclic amines) is 2. The number of ether oxygens (including phenoxy) is 2. The number of hydrogen-bond acceptors (Lipinski definition) is 5. The van der Waals surface area contributed by atoms with E-state index < -0.39 is 5.67 Å². The Kier molecular flexibility index (Phi) is 6.94. The topological polar surface area (TPSA) is 70.7 Å². The number of nitrogens with zero attached hydrogens (tertiary/aromatic N) is 3. The SMILES string of the molecule is COCC1(F)CCN(C(=O)CN2CCC(c3cc4c(-c5cc(F)ccc5OC)ccnc4[nH]3)CC2)C1. The van der Waals surface area contributed by atoms with Crippen molar-refractivity contribution >= 4 is 16.9 Å². The molecule has 2 aliphatic rings. The number of hydrogen-bond donors (Lipinski definition) is 1. The van der Waals surface area contributed by atoms with Crippen molar-refractivity contribution in [1.82, 2.24) is 19.8 Å². The van der Waals surface area contributed by atoms with Gasteiger partial charge in [0.1, 0.15) is 17.2 Å². The Morgan fingerprint density at radius 2 is 1.97 bits per heavy atom. The number of benzene rings is 1. The summed E-state index contributed by atoms with van der Waals surface area (Å²) in [5.41, 5.74) is 1.97. The van der Waals surface area contributed by atoms with Crippen LogP contribution in [0, 0.1) is 5.82 Å². The van der Waals surface area contributed by atoms with E-state index in [4.69, 9.17) is 9.47 Å². The highest BCUT2D eigenvalue weighted by atomic mass is 19.1. The Labute approximate surface area is 209 Å². The van der Waals surface area contributed by atoms with Crippen LogP contribution in [0.25, 0.3) is 22.2 Å². The van der Waals surface area contributed by atoms with Crippen LogP contribution in [0.1, 0.15) is 30.9 Å². The molecule has 1 atom stereocenters. The maximum absolute atomic E-state index is 14.7. The van der Waals surface area contributed by atoms with Crippen molar-refractivity contribution in [3.8, 4) is 16.9 Å². The quantitative estimate of drug-likeness (QED) is 0.530. The Morgan fingerprint density at radius 1 is 1.17 bits per heavy atom. The molecule has 1 aromatic carbocycles. The lowest BCUT2D eigenvalue weighted by atomic mass is 9.93. The largest absolute Gasteiger partial charge is 0.496 e. The molecule has 1 amide bonds. The molecule has 2 aliphatic heterocycles. The van der Waals surface area contributed by atoms with Crippen molar-refractivity contribution in [2.24, 2.45) is 0 Å². The van der Waals surface area contributed by atoms with Crippen molar-refractivity contribution in [3.63, 3.8) is 0 Å². The first-order chi connectivity index (χ1) is 17.4. The number of piperidine rings is 1. The van der Waals surface area contributed by atoms with Gasteiger partial charge in [-0.25, -0.2) is 13.8 Å². The molecule has 2 saturated heterocycles. The Hall–Kier alpha value is -3.04. The van der Waals surface area contributed by atoms with E-state index >= 15 is 0 Å². The molecule has 9 heteroatoms. The predicted molar refractivity (Wildman–Crippen MR) is 133 cm³/mol. The van der Waals surface area contributed by atoms with Gasteiger partial charge in [-0.05, 0) is 61.8 Å². The number of H-pyrrole nitrogens is 1. The molecule has 36 heavy (non-hydrogen) atoms. The monoisotopic (exact) mass is 498 g/mol. The number of carbonyl (C=O) groups is 1. The van der Waals surface area contributed by atoms with Crippen LogP contribution in [0.3, 0.4) is 0 Å². The van der Waals surface area contributed by atoms with Gasteiger partial charge in [0.15, 0.2) is 5.67 Å². The van der Waals surface area contributed by atoms with Crippen LogP contribution in [0.4, 0.5) is 8.78 Å². The minimum Gasteiger partial charge on any atom is -0.496 e. The van der Waals surface area contributed by atoms with E-state index in [1.807, 2.05) is 6.07 Å².